The number of carbonyl (C=O) groups is 1. The van der Waals surface area contributed by atoms with Crippen LogP contribution in [0.5, 0.6) is 0 Å². The predicted molar refractivity (Wildman–Crippen MR) is 103 cm³/mol. The summed E-state index contributed by atoms with van der Waals surface area (Å²) in [5.74, 6) is -2.46. The number of nitrogens with zero attached hydrogens (tertiary/aromatic N) is 1. The topological polar surface area (TPSA) is 84.3 Å². The smallest absolute Gasteiger partial charge is 0.273 e. The zero-order chi connectivity index (χ0) is 19.6. The van der Waals surface area contributed by atoms with Gasteiger partial charge < -0.3 is 10.6 Å². The number of nitro benzene ring substituents is 1. The molecule has 0 aromatic heterocycles. The van der Waals surface area contributed by atoms with Crippen molar-refractivity contribution in [3.05, 3.63) is 74.8 Å². The molecular weight excluding hydrogens is 392 g/mol. The molecular formula is C19H20ClF2N3O3. The van der Waals surface area contributed by atoms with Gasteiger partial charge in [-0.15, -0.1) is 12.4 Å². The van der Waals surface area contributed by atoms with Crippen molar-refractivity contribution in [2.75, 3.05) is 13.1 Å². The van der Waals surface area contributed by atoms with Crippen LogP contribution >= 0.6 is 12.4 Å². The molecule has 9 heteroatoms. The van der Waals surface area contributed by atoms with Crippen molar-refractivity contribution in [3.8, 4) is 0 Å². The number of carbonyl (C=O) groups excluding carboxylic acids is 1. The minimum absolute atomic E-state index is 0. The number of rotatable bonds is 4. The van der Waals surface area contributed by atoms with E-state index >= 15 is 0 Å². The Morgan fingerprint density at radius 2 is 2.00 bits per heavy atom. The van der Waals surface area contributed by atoms with Crippen LogP contribution in [-0.2, 0) is 0 Å². The number of hydrogen-bond donors (Lipinski definition) is 2. The Morgan fingerprint density at radius 1 is 1.25 bits per heavy atom. The molecule has 6 nitrogen and oxygen atoms in total. The zero-order valence-corrected chi connectivity index (χ0v) is 15.9. The summed E-state index contributed by atoms with van der Waals surface area (Å²) in [7, 11) is 0. The van der Waals surface area contributed by atoms with Gasteiger partial charge >= 0.3 is 0 Å². The first-order valence-corrected chi connectivity index (χ1v) is 8.59. The molecule has 28 heavy (non-hydrogen) atoms. The average molecular weight is 412 g/mol. The fraction of sp³-hybridized carbons (Fsp3) is 0.316. The first-order valence-electron chi connectivity index (χ1n) is 8.59. The predicted octanol–water partition coefficient (Wildman–Crippen LogP) is 3.48. The molecule has 2 unspecified atom stereocenters. The molecule has 1 aliphatic rings. The Balaban J connectivity index is 0.00000280. The summed E-state index contributed by atoms with van der Waals surface area (Å²) < 4.78 is 26.8. The van der Waals surface area contributed by atoms with Crippen LogP contribution in [0.15, 0.2) is 36.4 Å². The van der Waals surface area contributed by atoms with Gasteiger partial charge in [0.1, 0.15) is 0 Å². The number of benzene rings is 2. The third-order valence-corrected chi connectivity index (χ3v) is 4.92. The van der Waals surface area contributed by atoms with E-state index < -0.39 is 22.5 Å². The van der Waals surface area contributed by atoms with Crippen LogP contribution < -0.4 is 10.6 Å². The van der Waals surface area contributed by atoms with E-state index in [2.05, 4.69) is 10.6 Å². The third-order valence-electron chi connectivity index (χ3n) is 4.92. The average Bonchev–Trinajstić information content (AvgIpc) is 2.64. The third kappa shape index (κ3) is 4.45. The van der Waals surface area contributed by atoms with E-state index in [1.54, 1.807) is 0 Å². The van der Waals surface area contributed by atoms with Crippen LogP contribution in [0.3, 0.4) is 0 Å². The molecule has 0 aliphatic carbocycles. The highest BCUT2D eigenvalue weighted by Crippen LogP contribution is 2.28. The van der Waals surface area contributed by atoms with E-state index in [1.165, 1.54) is 31.2 Å². The summed E-state index contributed by atoms with van der Waals surface area (Å²) in [6.07, 6.45) is 0.643. The number of piperidine rings is 1. The number of halogens is 3. The summed E-state index contributed by atoms with van der Waals surface area (Å²) in [4.78, 5) is 23.3. The largest absolute Gasteiger partial charge is 0.347 e. The lowest BCUT2D eigenvalue weighted by Gasteiger charge is -2.33. The van der Waals surface area contributed by atoms with E-state index in [4.69, 9.17) is 0 Å². The number of hydrogen-bond acceptors (Lipinski definition) is 4. The van der Waals surface area contributed by atoms with Crippen molar-refractivity contribution in [3.63, 3.8) is 0 Å². The van der Waals surface area contributed by atoms with Crippen molar-refractivity contribution in [2.45, 2.75) is 25.3 Å². The molecule has 1 saturated heterocycles. The van der Waals surface area contributed by atoms with Crippen molar-refractivity contribution in [1.29, 1.82) is 0 Å². The lowest BCUT2D eigenvalue weighted by molar-refractivity contribution is -0.385. The van der Waals surface area contributed by atoms with E-state index in [0.29, 0.717) is 25.1 Å². The Morgan fingerprint density at radius 3 is 2.68 bits per heavy atom. The number of amides is 1. The van der Waals surface area contributed by atoms with Crippen LogP contribution in [0, 0.1) is 28.7 Å². The summed E-state index contributed by atoms with van der Waals surface area (Å²) in [6.45, 7) is 2.67. The lowest BCUT2D eigenvalue weighted by atomic mass is 9.85. The SMILES string of the molecule is Cc1c(C(=O)NC2CNCCC2c2ccc(F)c(F)c2)cccc1[N+](=O)[O-].Cl. The van der Waals surface area contributed by atoms with Gasteiger partial charge in [-0.1, -0.05) is 12.1 Å². The maximum absolute atomic E-state index is 13.6. The van der Waals surface area contributed by atoms with Gasteiger partial charge in [0.2, 0.25) is 0 Å². The molecule has 0 radical (unpaired) electrons. The summed E-state index contributed by atoms with van der Waals surface area (Å²) in [6, 6.07) is 7.74. The fourth-order valence-electron chi connectivity index (χ4n) is 3.47. The zero-order valence-electron chi connectivity index (χ0n) is 15.1. The molecule has 1 amide bonds. The second-order valence-electron chi connectivity index (χ2n) is 6.56. The number of nitrogens with one attached hydrogen (secondary N) is 2. The van der Waals surface area contributed by atoms with E-state index in [9.17, 15) is 23.7 Å². The first kappa shape index (κ1) is 21.7. The molecule has 3 rings (SSSR count). The molecule has 1 aliphatic heterocycles. The Labute approximate surface area is 166 Å². The van der Waals surface area contributed by atoms with Crippen LogP contribution in [0.1, 0.15) is 33.8 Å². The molecule has 1 heterocycles. The van der Waals surface area contributed by atoms with E-state index in [-0.39, 0.29) is 41.2 Å². The van der Waals surface area contributed by atoms with Crippen molar-refractivity contribution in [1.82, 2.24) is 10.6 Å². The van der Waals surface area contributed by atoms with Gasteiger partial charge in [-0.05, 0) is 43.7 Å². The Kier molecular flexibility index (Phi) is 7.04. The molecule has 2 atom stereocenters. The molecule has 0 spiro atoms. The van der Waals surface area contributed by atoms with Gasteiger partial charge in [0.05, 0.1) is 4.92 Å². The monoisotopic (exact) mass is 411 g/mol. The van der Waals surface area contributed by atoms with Gasteiger partial charge in [0.15, 0.2) is 11.6 Å². The lowest BCUT2D eigenvalue weighted by Crippen LogP contribution is -2.50. The normalized spacial score (nSPS) is 18.8. The van der Waals surface area contributed by atoms with E-state index in [0.717, 1.165) is 12.1 Å². The summed E-state index contributed by atoms with van der Waals surface area (Å²) in [5, 5.41) is 17.1. The van der Waals surface area contributed by atoms with Gasteiger partial charge in [-0.3, -0.25) is 14.9 Å². The van der Waals surface area contributed by atoms with Crippen molar-refractivity contribution < 1.29 is 18.5 Å². The van der Waals surface area contributed by atoms with Gasteiger partial charge in [0.25, 0.3) is 11.6 Å². The van der Waals surface area contributed by atoms with Crippen LogP contribution in [0.25, 0.3) is 0 Å². The van der Waals surface area contributed by atoms with E-state index in [1.807, 2.05) is 0 Å². The van der Waals surface area contributed by atoms with Crippen molar-refractivity contribution >= 4 is 24.0 Å². The Hall–Kier alpha value is -2.58. The molecule has 2 aromatic rings. The number of nitro groups is 1. The second kappa shape index (κ2) is 9.07. The fourth-order valence-corrected chi connectivity index (χ4v) is 3.47. The minimum Gasteiger partial charge on any atom is -0.347 e. The highest BCUT2D eigenvalue weighted by Gasteiger charge is 2.29. The molecule has 2 aromatic carbocycles. The van der Waals surface area contributed by atoms with Crippen molar-refractivity contribution in [2.24, 2.45) is 0 Å². The molecule has 0 saturated carbocycles. The molecule has 150 valence electrons. The minimum atomic E-state index is -0.925. The van der Waals surface area contributed by atoms with Crippen LogP contribution in [-0.4, -0.2) is 30.0 Å². The van der Waals surface area contributed by atoms with Crippen LogP contribution in [0.4, 0.5) is 14.5 Å². The molecule has 0 bridgehead atoms. The standard InChI is InChI=1S/C19H19F2N3O3.ClH/c1-11-13(3-2-4-18(11)24(26)27)19(25)23-17-10-22-8-7-14(17)12-5-6-15(20)16(21)9-12;/h2-6,9,14,17,22H,7-8,10H2,1H3,(H,23,25);1H. The molecule has 2 N–H and O–H groups in total. The Bertz CT molecular complexity index is 895. The van der Waals surface area contributed by atoms with Gasteiger partial charge in [0, 0.05) is 35.7 Å². The molecule has 1 fully saturated rings. The van der Waals surface area contributed by atoms with Gasteiger partial charge in [-0.25, -0.2) is 8.78 Å². The first-order chi connectivity index (χ1) is 12.9. The maximum atomic E-state index is 13.6. The second-order valence-corrected chi connectivity index (χ2v) is 6.56. The van der Waals surface area contributed by atoms with Gasteiger partial charge in [-0.2, -0.15) is 0 Å². The van der Waals surface area contributed by atoms with Crippen LogP contribution in [0.2, 0.25) is 0 Å². The quantitative estimate of drug-likeness (QED) is 0.596. The highest BCUT2D eigenvalue weighted by atomic mass is 35.5. The summed E-state index contributed by atoms with van der Waals surface area (Å²) in [5.41, 5.74) is 0.991. The maximum Gasteiger partial charge on any atom is 0.273 e. The highest BCUT2D eigenvalue weighted by molar-refractivity contribution is 5.96. The summed E-state index contributed by atoms with van der Waals surface area (Å²) >= 11 is 0.